The van der Waals surface area contributed by atoms with E-state index in [1.807, 2.05) is 0 Å². The van der Waals surface area contributed by atoms with Gasteiger partial charge in [-0.1, -0.05) is 27.7 Å². The molecule has 0 rings (SSSR count). The summed E-state index contributed by atoms with van der Waals surface area (Å²) in [5.74, 6) is 1.00. The lowest BCUT2D eigenvalue weighted by atomic mass is 9.91. The van der Waals surface area contributed by atoms with Crippen LogP contribution < -0.4 is 0 Å². The van der Waals surface area contributed by atoms with Crippen LogP contribution in [0.25, 0.3) is 0 Å². The molecule has 15 heavy (non-hydrogen) atoms. The van der Waals surface area contributed by atoms with E-state index in [1.165, 1.54) is 0 Å². The summed E-state index contributed by atoms with van der Waals surface area (Å²) in [4.78, 5) is 8.81. The highest BCUT2D eigenvalue weighted by molar-refractivity contribution is 5.43. The van der Waals surface area contributed by atoms with E-state index in [-0.39, 0.29) is 11.1 Å². The van der Waals surface area contributed by atoms with Gasteiger partial charge in [0.15, 0.2) is 0 Å². The molecule has 0 aromatic heterocycles. The molecule has 0 unspecified atom stereocenters. The van der Waals surface area contributed by atoms with Crippen LogP contribution in [0.1, 0.15) is 55.4 Å². The lowest BCUT2D eigenvalue weighted by Gasteiger charge is -2.24. The Morgan fingerprint density at radius 2 is 1.00 bits per heavy atom. The lowest BCUT2D eigenvalue weighted by molar-refractivity contribution is 0.369. The predicted octanol–water partition coefficient (Wildman–Crippen LogP) is 4.03. The molecule has 0 aliphatic carbocycles. The van der Waals surface area contributed by atoms with Crippen LogP contribution in [-0.2, 0) is 0 Å². The summed E-state index contributed by atoms with van der Waals surface area (Å²) in [6, 6.07) is 2.88. The molecular weight excluding hydrogens is 184 g/mol. The summed E-state index contributed by atoms with van der Waals surface area (Å²) in [5.41, 5.74) is -0.146. The Morgan fingerprint density at radius 1 is 0.733 bits per heavy atom. The monoisotopic (exact) mass is 210 g/mol. The molecule has 0 saturated heterocycles. The molecule has 0 N–H and O–H groups in total. The van der Waals surface area contributed by atoms with Crippen molar-refractivity contribution >= 4 is 6.01 Å². The minimum Gasteiger partial charge on any atom is -0.219 e. The minimum atomic E-state index is -0.0729. The van der Waals surface area contributed by atoms with Crippen molar-refractivity contribution in [1.29, 1.82) is 0 Å². The molecule has 2 nitrogen and oxygen atoms in total. The van der Waals surface area contributed by atoms with Gasteiger partial charge in [-0.3, -0.25) is 0 Å². The topological polar surface area (TPSA) is 24.7 Å². The summed E-state index contributed by atoms with van der Waals surface area (Å²) in [7, 11) is 0. The smallest absolute Gasteiger partial charge is 0.0903 e. The van der Waals surface area contributed by atoms with Crippen molar-refractivity contribution in [2.24, 2.45) is 21.8 Å². The molecular formula is C13H26N2. The van der Waals surface area contributed by atoms with Crippen LogP contribution in [0, 0.1) is 11.8 Å². The molecule has 0 saturated carbocycles. The van der Waals surface area contributed by atoms with Gasteiger partial charge in [0, 0.05) is 0 Å². The summed E-state index contributed by atoms with van der Waals surface area (Å²) in [6.07, 6.45) is 0. The molecule has 0 spiro atoms. The average Bonchev–Trinajstić information content (AvgIpc) is 2.02. The molecule has 0 aliphatic rings. The fourth-order valence-corrected chi connectivity index (χ4v) is 0.541. The van der Waals surface area contributed by atoms with Crippen LogP contribution in [-0.4, -0.2) is 17.1 Å². The van der Waals surface area contributed by atoms with Crippen molar-refractivity contribution in [3.05, 3.63) is 0 Å². The molecule has 2 heteroatoms. The number of rotatable bonds is 4. The molecule has 0 heterocycles. The van der Waals surface area contributed by atoms with Gasteiger partial charge in [-0.2, -0.15) is 0 Å². The maximum Gasteiger partial charge on any atom is 0.0903 e. The van der Waals surface area contributed by atoms with Crippen LogP contribution in [0.5, 0.6) is 0 Å². The zero-order valence-electron chi connectivity index (χ0n) is 11.5. The van der Waals surface area contributed by atoms with Crippen LogP contribution in [0.4, 0.5) is 0 Å². The van der Waals surface area contributed by atoms with Gasteiger partial charge < -0.3 is 0 Å². The van der Waals surface area contributed by atoms with Crippen LogP contribution in [0.3, 0.4) is 0 Å². The van der Waals surface area contributed by atoms with Gasteiger partial charge in [0.2, 0.25) is 0 Å². The normalized spacial score (nSPS) is 12.9. The van der Waals surface area contributed by atoms with E-state index < -0.39 is 0 Å². The fourth-order valence-electron chi connectivity index (χ4n) is 0.541. The second kappa shape index (κ2) is 4.94. The Labute approximate surface area is 94.9 Å². The molecule has 0 amide bonds. The largest absolute Gasteiger partial charge is 0.219 e. The molecule has 0 radical (unpaired) electrons. The van der Waals surface area contributed by atoms with E-state index in [1.54, 1.807) is 0 Å². The van der Waals surface area contributed by atoms with Crippen LogP contribution in [0.2, 0.25) is 0 Å². The van der Waals surface area contributed by atoms with E-state index >= 15 is 0 Å². The van der Waals surface area contributed by atoms with Gasteiger partial charge in [0.25, 0.3) is 0 Å². The molecule has 0 bridgehead atoms. The Morgan fingerprint density at radius 3 is 1.20 bits per heavy atom. The third-order valence-electron chi connectivity index (χ3n) is 3.50. The quantitative estimate of drug-likeness (QED) is 0.626. The second-order valence-electron chi connectivity index (χ2n) is 5.94. The standard InChI is InChI=1S/C13H26N2/c1-10(2)12(5,6)14-9-15-13(7,8)11(3)4/h10-11H,1-8H3. The highest BCUT2D eigenvalue weighted by atomic mass is 14.9. The van der Waals surface area contributed by atoms with Gasteiger partial charge in [-0.25, -0.2) is 9.98 Å². The Kier molecular flexibility index (Phi) is 4.73. The summed E-state index contributed by atoms with van der Waals surface area (Å²) >= 11 is 0. The molecule has 0 fully saturated rings. The number of hydrogen-bond donors (Lipinski definition) is 0. The number of aliphatic imine (C=N–C) groups is 2. The number of hydrogen-bond acceptors (Lipinski definition) is 2. The van der Waals surface area contributed by atoms with Crippen molar-refractivity contribution in [1.82, 2.24) is 0 Å². The van der Waals surface area contributed by atoms with E-state index in [2.05, 4.69) is 71.4 Å². The first-order valence-electron chi connectivity index (χ1n) is 5.78. The zero-order valence-corrected chi connectivity index (χ0v) is 11.5. The van der Waals surface area contributed by atoms with Gasteiger partial charge in [-0.05, 0) is 39.5 Å². The van der Waals surface area contributed by atoms with E-state index in [9.17, 15) is 0 Å². The number of nitrogens with zero attached hydrogens (tertiary/aromatic N) is 2. The molecule has 0 aromatic carbocycles. The van der Waals surface area contributed by atoms with Gasteiger partial charge in [-0.15, -0.1) is 0 Å². The second-order valence-corrected chi connectivity index (χ2v) is 5.94. The third-order valence-corrected chi connectivity index (χ3v) is 3.50. The van der Waals surface area contributed by atoms with Crippen molar-refractivity contribution in [2.75, 3.05) is 0 Å². The maximum absolute atomic E-state index is 4.41. The zero-order chi connectivity index (χ0) is 12.3. The Hall–Kier alpha value is -0.620. The van der Waals surface area contributed by atoms with Crippen LogP contribution in [0.15, 0.2) is 9.98 Å². The average molecular weight is 210 g/mol. The third kappa shape index (κ3) is 4.61. The summed E-state index contributed by atoms with van der Waals surface area (Å²) < 4.78 is 0. The van der Waals surface area contributed by atoms with Crippen molar-refractivity contribution in [3.8, 4) is 0 Å². The van der Waals surface area contributed by atoms with Crippen LogP contribution >= 0.6 is 0 Å². The first-order valence-corrected chi connectivity index (χ1v) is 5.78. The lowest BCUT2D eigenvalue weighted by Crippen LogP contribution is -2.26. The maximum atomic E-state index is 4.41. The molecule has 0 aliphatic heterocycles. The van der Waals surface area contributed by atoms with Gasteiger partial charge in [0.05, 0.1) is 17.1 Å². The van der Waals surface area contributed by atoms with E-state index in [0.717, 1.165) is 0 Å². The molecule has 0 aromatic rings. The molecule has 0 atom stereocenters. The van der Waals surface area contributed by atoms with E-state index in [0.29, 0.717) is 11.8 Å². The Balaban J connectivity index is 4.73. The van der Waals surface area contributed by atoms with Crippen molar-refractivity contribution in [2.45, 2.75) is 66.5 Å². The first-order chi connectivity index (χ1) is 6.59. The molecule has 88 valence electrons. The summed E-state index contributed by atoms with van der Waals surface area (Å²) in [5, 5.41) is 0. The Bertz CT molecular complexity index is 230. The van der Waals surface area contributed by atoms with Gasteiger partial charge >= 0.3 is 0 Å². The van der Waals surface area contributed by atoms with Crippen molar-refractivity contribution < 1.29 is 0 Å². The highest BCUT2D eigenvalue weighted by Crippen LogP contribution is 2.21. The van der Waals surface area contributed by atoms with E-state index in [4.69, 9.17) is 0 Å². The van der Waals surface area contributed by atoms with Gasteiger partial charge in [0.1, 0.15) is 0 Å². The summed E-state index contributed by atoms with van der Waals surface area (Å²) in [6.45, 7) is 17.1. The van der Waals surface area contributed by atoms with Crippen molar-refractivity contribution in [3.63, 3.8) is 0 Å². The SMILES string of the molecule is CC(C)C(C)(C)N=C=NC(C)(C)C(C)C. The first kappa shape index (κ1) is 14.4. The minimum absolute atomic E-state index is 0.0729. The fraction of sp³-hybridized carbons (Fsp3) is 0.923. The predicted molar refractivity (Wildman–Crippen MR) is 67.7 cm³/mol. The highest BCUT2D eigenvalue weighted by Gasteiger charge is 2.22.